The van der Waals surface area contributed by atoms with Crippen LogP contribution in [0, 0.1) is 37.5 Å². The van der Waals surface area contributed by atoms with Crippen molar-refractivity contribution in [3.8, 4) is 11.0 Å². The minimum atomic E-state index is -0.593. The van der Waals surface area contributed by atoms with Crippen molar-refractivity contribution in [3.63, 3.8) is 0 Å². The Kier molecular flexibility index (Phi) is 14.4. The maximum atomic E-state index is 4.92. The van der Waals surface area contributed by atoms with E-state index in [0.717, 1.165) is 54.5 Å². The number of benzene rings is 4. The fraction of sp³-hybridized carbons (Fsp3) is 0.244. The van der Waals surface area contributed by atoms with Crippen LogP contribution in [0.25, 0.3) is 11.0 Å². The molecule has 8 rings (SSSR count). The van der Waals surface area contributed by atoms with Crippen LogP contribution in [0.3, 0.4) is 0 Å². The Hall–Kier alpha value is -4.51. The van der Waals surface area contributed by atoms with Gasteiger partial charge in [0.15, 0.2) is 0 Å². The Morgan fingerprint density at radius 3 is 1.70 bits per heavy atom. The van der Waals surface area contributed by atoms with E-state index in [4.69, 9.17) is 4.51 Å². The topological polar surface area (TPSA) is 56.6 Å². The average molecular weight is 954 g/mol. The standard InChI is InChI=1S/C26H30N4.C19H17N4P2.Ir/c1-21-23(3)29(25-13-7-5-8-14-25)19-27(21)17-11-12-18-28-20-30(24(4)22(28)2)26-15-9-6-10-16-26;1-24-19(15-25(22-24)14-17-10-6-3-7-11-17)18-13-23(21-20-18)12-16-8-4-2-5-9-16;/h5-10,13,15,19-20H,11-12,17-18H2,1-4H3;2-11H,12,14H2,1H3;/q-4;-1;. The summed E-state index contributed by atoms with van der Waals surface area (Å²) in [6, 6.07) is 43.6. The molecule has 4 aromatic carbocycles. The van der Waals surface area contributed by atoms with Gasteiger partial charge in [0.1, 0.15) is 0 Å². The molecule has 0 spiro atoms. The number of allylic oxidation sites excluding steroid dienone is 4. The van der Waals surface area contributed by atoms with Gasteiger partial charge in [-0.05, 0) is 76.1 Å². The van der Waals surface area contributed by atoms with Crippen molar-refractivity contribution in [2.75, 3.05) is 22.9 Å². The summed E-state index contributed by atoms with van der Waals surface area (Å²) in [5, 5.41) is 9.63. The molecule has 0 amide bonds. The number of aromatic nitrogens is 4. The van der Waals surface area contributed by atoms with Crippen LogP contribution in [0.15, 0.2) is 132 Å². The van der Waals surface area contributed by atoms with Gasteiger partial charge in [-0.15, -0.1) is 16.6 Å². The fourth-order valence-electron chi connectivity index (χ4n) is 6.61. The first-order valence-electron chi connectivity index (χ1n) is 18.7. The Morgan fingerprint density at radius 1 is 0.661 bits per heavy atom. The summed E-state index contributed by atoms with van der Waals surface area (Å²) >= 11 is 0. The minimum Gasteiger partial charge on any atom is -0.505 e. The number of anilines is 2. The van der Waals surface area contributed by atoms with E-state index in [1.165, 1.54) is 33.9 Å². The molecule has 1 radical (unpaired) electrons. The van der Waals surface area contributed by atoms with Gasteiger partial charge in [0.25, 0.3) is 0 Å². The largest absolute Gasteiger partial charge is 0.505 e. The Balaban J connectivity index is 0.000000189. The smallest absolute Gasteiger partial charge is 0.0756 e. The second-order valence-corrected chi connectivity index (χ2v) is 17.3. The number of hydrogen-bond acceptors (Lipinski definition) is 7. The number of nitrogens with zero attached hydrogens (tertiary/aromatic N) is 8. The van der Waals surface area contributed by atoms with Crippen LogP contribution in [0.1, 0.15) is 51.7 Å². The van der Waals surface area contributed by atoms with Crippen LogP contribution in [0.2, 0.25) is 0 Å². The van der Waals surface area contributed by atoms with Crippen molar-refractivity contribution in [1.29, 1.82) is 0 Å². The molecule has 0 aliphatic carbocycles. The van der Waals surface area contributed by atoms with Crippen molar-refractivity contribution in [2.24, 2.45) is 6.66 Å². The Labute approximate surface area is 348 Å². The Bertz CT molecular complexity index is 2130. The molecule has 0 N–H and O–H groups in total. The van der Waals surface area contributed by atoms with Gasteiger partial charge in [-0.1, -0.05) is 65.2 Å². The van der Waals surface area contributed by atoms with Gasteiger partial charge in [-0.25, -0.2) is 6.20 Å². The van der Waals surface area contributed by atoms with E-state index in [-0.39, 0.29) is 20.1 Å². The summed E-state index contributed by atoms with van der Waals surface area (Å²) in [5.41, 5.74) is 10.7. The van der Waals surface area contributed by atoms with E-state index in [9.17, 15) is 0 Å². The zero-order valence-corrected chi connectivity index (χ0v) is 36.8. The molecule has 0 saturated heterocycles. The van der Waals surface area contributed by atoms with Gasteiger partial charge >= 0.3 is 0 Å². The molecule has 2 unspecified atom stereocenters. The number of hydrogen-bond donors (Lipinski definition) is 0. The summed E-state index contributed by atoms with van der Waals surface area (Å²) in [6.07, 6.45) is 6.51. The van der Waals surface area contributed by atoms with Crippen molar-refractivity contribution in [2.45, 2.75) is 53.2 Å². The van der Waals surface area contributed by atoms with E-state index in [1.807, 2.05) is 48.5 Å². The van der Waals surface area contributed by atoms with Crippen LogP contribution < -0.4 is 9.80 Å². The molecule has 0 saturated carbocycles. The van der Waals surface area contributed by atoms with E-state index in [1.54, 1.807) is 4.68 Å². The zero-order valence-electron chi connectivity index (χ0n) is 32.6. The SMILES string of the molecule is CC1=C(C)N(c2[c-]cccc2)[CH-]N1CCCCN1[CH-]N(c2[c-]cccc2)C(C)=C1C.Cp1n[p+](Cc2ccccc2)[c-]c1-c1[c-]n(Cc2ccccc2)nn1.[Ir]. The van der Waals surface area contributed by atoms with Crippen LogP contribution in [0.5, 0.6) is 0 Å². The normalized spacial score (nSPS) is 14.7. The van der Waals surface area contributed by atoms with Gasteiger partial charge in [0.05, 0.1) is 6.16 Å². The van der Waals surface area contributed by atoms with Crippen LogP contribution in [0.4, 0.5) is 11.4 Å². The van der Waals surface area contributed by atoms with Crippen molar-refractivity contribution >= 4 is 26.8 Å². The quantitative estimate of drug-likeness (QED) is 0.0895. The monoisotopic (exact) mass is 954 g/mol. The summed E-state index contributed by atoms with van der Waals surface area (Å²) in [4.78, 5) is 9.19. The molecular weight excluding hydrogens is 907 g/mol. The van der Waals surface area contributed by atoms with Crippen molar-refractivity contribution in [3.05, 3.63) is 181 Å². The average Bonchev–Trinajstić information content (AvgIpc) is 3.97. The van der Waals surface area contributed by atoms with Crippen LogP contribution in [-0.2, 0) is 39.5 Å². The molecule has 2 atom stereocenters. The molecule has 291 valence electrons. The third-order valence-corrected chi connectivity index (χ3v) is 14.2. The van der Waals surface area contributed by atoms with E-state index >= 15 is 0 Å². The molecule has 6 aromatic rings. The van der Waals surface area contributed by atoms with E-state index in [0.29, 0.717) is 6.54 Å². The van der Waals surface area contributed by atoms with Gasteiger partial charge < -0.3 is 24.3 Å². The van der Waals surface area contributed by atoms with Crippen molar-refractivity contribution in [1.82, 2.24) is 29.3 Å². The molecule has 2 aromatic heterocycles. The second-order valence-electron chi connectivity index (χ2n) is 13.7. The maximum absolute atomic E-state index is 4.92. The third-order valence-electron chi connectivity index (χ3n) is 9.96. The summed E-state index contributed by atoms with van der Waals surface area (Å²) < 4.78 is 6.68. The fourth-order valence-corrected chi connectivity index (χ4v) is 11.0. The number of para-hydroxylation sites is 2. The summed E-state index contributed by atoms with van der Waals surface area (Å²) in [7, 11) is -1.17. The summed E-state index contributed by atoms with van der Waals surface area (Å²) in [6.45, 7) is 18.1. The van der Waals surface area contributed by atoms with Gasteiger partial charge in [0, 0.05) is 60.1 Å². The molecule has 2 aliphatic rings. The third kappa shape index (κ3) is 10.1. The molecule has 11 heteroatoms. The number of aryl methyl sites for hydroxylation is 1. The van der Waals surface area contributed by atoms with Gasteiger partial charge in [-0.3, -0.25) is 5.10 Å². The molecule has 0 fully saturated rings. The molecule has 2 aliphatic heterocycles. The first-order valence-corrected chi connectivity index (χ1v) is 21.9. The molecule has 8 nitrogen and oxygen atoms in total. The Morgan fingerprint density at radius 2 is 1.18 bits per heavy atom. The van der Waals surface area contributed by atoms with Crippen molar-refractivity contribution < 1.29 is 20.1 Å². The van der Waals surface area contributed by atoms with Gasteiger partial charge in [0.2, 0.25) is 0 Å². The number of rotatable bonds is 12. The second kappa shape index (κ2) is 19.6. The predicted octanol–water partition coefficient (Wildman–Crippen LogP) is 10.6. The first-order chi connectivity index (χ1) is 26.8. The maximum Gasteiger partial charge on any atom is 0.0756 e. The predicted molar refractivity (Wildman–Crippen MR) is 226 cm³/mol. The van der Waals surface area contributed by atoms with E-state index < -0.39 is 15.4 Å². The summed E-state index contributed by atoms with van der Waals surface area (Å²) in [5.74, 6) is 3.58. The molecular formula is C45H47IrN8P2-5. The van der Waals surface area contributed by atoms with Crippen LogP contribution >= 0.6 is 15.4 Å². The number of unbranched alkanes of at least 4 members (excludes halogenated alkanes) is 1. The van der Waals surface area contributed by atoms with Gasteiger partial charge in [-0.2, -0.15) is 90.8 Å². The van der Waals surface area contributed by atoms with E-state index in [2.05, 4.69) is 162 Å². The zero-order chi connectivity index (χ0) is 38.1. The first kappa shape index (κ1) is 41.1. The van der Waals surface area contributed by atoms with Crippen LogP contribution in [-0.4, -0.2) is 42.4 Å². The molecule has 0 bridgehead atoms. The molecule has 56 heavy (non-hydrogen) atoms. The molecule has 4 heterocycles. The minimum absolute atomic E-state index is 0.